The van der Waals surface area contributed by atoms with Crippen LogP contribution < -0.4 is 0 Å². The summed E-state index contributed by atoms with van der Waals surface area (Å²) in [7, 11) is 0. The van der Waals surface area contributed by atoms with E-state index in [9.17, 15) is 5.11 Å². The lowest BCUT2D eigenvalue weighted by atomic mass is 9.88. The zero-order valence-electron chi connectivity index (χ0n) is 10.5. The van der Waals surface area contributed by atoms with E-state index >= 15 is 0 Å². The molecule has 0 saturated carbocycles. The first-order valence-corrected chi connectivity index (χ1v) is 5.94. The minimum atomic E-state index is -0.360. The molecule has 0 aromatic heterocycles. The Balaban J connectivity index is 4.05. The van der Waals surface area contributed by atoms with E-state index in [1.165, 1.54) is 0 Å². The highest BCUT2D eigenvalue weighted by molar-refractivity contribution is 4.93. The SMILES string of the molecule is CC(O)/C=C/C(CCC(C)CO)C(C)C. The van der Waals surface area contributed by atoms with Crippen LogP contribution in [-0.4, -0.2) is 22.9 Å². The van der Waals surface area contributed by atoms with Crippen LogP contribution in [0, 0.1) is 17.8 Å². The number of allylic oxidation sites excluding steroid dienone is 1. The maximum Gasteiger partial charge on any atom is 0.0692 e. The zero-order valence-corrected chi connectivity index (χ0v) is 10.5. The first-order chi connectivity index (χ1) is 6.97. The van der Waals surface area contributed by atoms with Crippen LogP contribution in [0.3, 0.4) is 0 Å². The molecule has 0 saturated heterocycles. The van der Waals surface area contributed by atoms with Crippen molar-refractivity contribution in [2.24, 2.45) is 17.8 Å². The molecule has 0 aliphatic heterocycles. The maximum absolute atomic E-state index is 9.18. The Hall–Kier alpha value is -0.340. The second kappa shape index (κ2) is 7.89. The molecule has 0 heterocycles. The molecule has 2 heteroatoms. The van der Waals surface area contributed by atoms with Gasteiger partial charge in [0.2, 0.25) is 0 Å². The van der Waals surface area contributed by atoms with E-state index in [2.05, 4.69) is 26.8 Å². The lowest BCUT2D eigenvalue weighted by Crippen LogP contribution is -2.10. The van der Waals surface area contributed by atoms with Crippen LogP contribution >= 0.6 is 0 Å². The number of aliphatic hydroxyl groups excluding tert-OH is 2. The van der Waals surface area contributed by atoms with Crippen molar-refractivity contribution in [1.82, 2.24) is 0 Å². The first kappa shape index (κ1) is 14.7. The minimum Gasteiger partial charge on any atom is -0.396 e. The Morgan fingerprint density at radius 1 is 1.00 bits per heavy atom. The molecule has 0 rings (SSSR count). The molecule has 0 aromatic rings. The van der Waals surface area contributed by atoms with Crippen molar-refractivity contribution >= 4 is 0 Å². The molecule has 0 aromatic carbocycles. The van der Waals surface area contributed by atoms with Gasteiger partial charge in [-0.05, 0) is 37.5 Å². The van der Waals surface area contributed by atoms with Gasteiger partial charge in [-0.1, -0.05) is 32.9 Å². The molecule has 0 spiro atoms. The summed E-state index contributed by atoms with van der Waals surface area (Å²) in [5.74, 6) is 1.48. The van der Waals surface area contributed by atoms with E-state index in [0.717, 1.165) is 12.8 Å². The summed E-state index contributed by atoms with van der Waals surface area (Å²) < 4.78 is 0. The van der Waals surface area contributed by atoms with Crippen LogP contribution in [0.1, 0.15) is 40.5 Å². The first-order valence-electron chi connectivity index (χ1n) is 5.94. The van der Waals surface area contributed by atoms with Crippen molar-refractivity contribution in [2.75, 3.05) is 6.61 Å². The van der Waals surface area contributed by atoms with E-state index in [-0.39, 0.29) is 12.7 Å². The number of aliphatic hydroxyl groups is 2. The standard InChI is InChI=1S/C13H26O2/c1-10(2)13(8-6-12(4)15)7-5-11(3)9-14/h6,8,10-15H,5,7,9H2,1-4H3/b8-6+. The third-order valence-corrected chi connectivity index (χ3v) is 2.80. The van der Waals surface area contributed by atoms with Gasteiger partial charge in [0.05, 0.1) is 6.10 Å². The molecule has 15 heavy (non-hydrogen) atoms. The quantitative estimate of drug-likeness (QED) is 0.640. The summed E-state index contributed by atoms with van der Waals surface area (Å²) in [6, 6.07) is 0. The number of hydrogen-bond donors (Lipinski definition) is 2. The summed E-state index contributed by atoms with van der Waals surface area (Å²) in [6.07, 6.45) is 5.74. The third kappa shape index (κ3) is 7.57. The van der Waals surface area contributed by atoms with Gasteiger partial charge in [-0.3, -0.25) is 0 Å². The Kier molecular flexibility index (Phi) is 7.71. The number of rotatable bonds is 7. The highest BCUT2D eigenvalue weighted by Crippen LogP contribution is 2.21. The second-order valence-corrected chi connectivity index (χ2v) is 4.90. The molecular formula is C13H26O2. The van der Waals surface area contributed by atoms with Crippen LogP contribution in [0.5, 0.6) is 0 Å². The lowest BCUT2D eigenvalue weighted by molar-refractivity contribution is 0.219. The lowest BCUT2D eigenvalue weighted by Gasteiger charge is -2.19. The Labute approximate surface area is 94.0 Å². The van der Waals surface area contributed by atoms with Gasteiger partial charge < -0.3 is 10.2 Å². The summed E-state index contributed by atoms with van der Waals surface area (Å²) in [5.41, 5.74) is 0. The summed E-state index contributed by atoms with van der Waals surface area (Å²) in [4.78, 5) is 0. The molecule has 0 bridgehead atoms. The molecule has 0 aliphatic carbocycles. The minimum absolute atomic E-state index is 0.269. The van der Waals surface area contributed by atoms with Crippen LogP contribution in [0.15, 0.2) is 12.2 Å². The fraction of sp³-hybridized carbons (Fsp3) is 0.846. The number of hydrogen-bond acceptors (Lipinski definition) is 2. The Morgan fingerprint density at radius 2 is 1.60 bits per heavy atom. The van der Waals surface area contributed by atoms with Crippen molar-refractivity contribution in [2.45, 2.75) is 46.6 Å². The third-order valence-electron chi connectivity index (χ3n) is 2.80. The highest BCUT2D eigenvalue weighted by atomic mass is 16.3. The van der Waals surface area contributed by atoms with Crippen LogP contribution in [-0.2, 0) is 0 Å². The van der Waals surface area contributed by atoms with Crippen LogP contribution in [0.25, 0.3) is 0 Å². The molecule has 2 nitrogen and oxygen atoms in total. The highest BCUT2D eigenvalue weighted by Gasteiger charge is 2.11. The van der Waals surface area contributed by atoms with E-state index < -0.39 is 0 Å². The fourth-order valence-electron chi connectivity index (χ4n) is 1.52. The van der Waals surface area contributed by atoms with Gasteiger partial charge in [-0.25, -0.2) is 0 Å². The summed E-state index contributed by atoms with van der Waals surface area (Å²) in [5, 5.41) is 18.1. The maximum atomic E-state index is 9.18. The largest absolute Gasteiger partial charge is 0.396 e. The van der Waals surface area contributed by atoms with Gasteiger partial charge in [-0.15, -0.1) is 0 Å². The van der Waals surface area contributed by atoms with E-state index in [0.29, 0.717) is 17.8 Å². The van der Waals surface area contributed by atoms with Crippen molar-refractivity contribution in [3.63, 3.8) is 0 Å². The summed E-state index contributed by atoms with van der Waals surface area (Å²) in [6.45, 7) is 8.49. The molecule has 0 radical (unpaired) electrons. The van der Waals surface area contributed by atoms with Crippen molar-refractivity contribution in [3.8, 4) is 0 Å². The molecule has 0 aliphatic rings. The molecule has 90 valence electrons. The average Bonchev–Trinajstić information content (AvgIpc) is 2.16. The molecule has 0 amide bonds. The van der Waals surface area contributed by atoms with Crippen molar-refractivity contribution in [1.29, 1.82) is 0 Å². The monoisotopic (exact) mass is 214 g/mol. The van der Waals surface area contributed by atoms with Crippen molar-refractivity contribution < 1.29 is 10.2 Å². The van der Waals surface area contributed by atoms with Gasteiger partial charge >= 0.3 is 0 Å². The van der Waals surface area contributed by atoms with E-state index in [1.807, 2.05) is 6.08 Å². The smallest absolute Gasteiger partial charge is 0.0692 e. The molecule has 0 fully saturated rings. The molecular weight excluding hydrogens is 188 g/mol. The molecule has 3 atom stereocenters. The van der Waals surface area contributed by atoms with Crippen molar-refractivity contribution in [3.05, 3.63) is 12.2 Å². The molecule has 2 N–H and O–H groups in total. The van der Waals surface area contributed by atoms with Crippen LogP contribution in [0.2, 0.25) is 0 Å². The zero-order chi connectivity index (χ0) is 11.8. The summed E-state index contributed by atoms with van der Waals surface area (Å²) >= 11 is 0. The molecule has 3 unspecified atom stereocenters. The average molecular weight is 214 g/mol. The normalized spacial score (nSPS) is 18.3. The van der Waals surface area contributed by atoms with Gasteiger partial charge in [0.15, 0.2) is 0 Å². The van der Waals surface area contributed by atoms with E-state index in [4.69, 9.17) is 5.11 Å². The topological polar surface area (TPSA) is 40.5 Å². The van der Waals surface area contributed by atoms with Gasteiger partial charge in [0.25, 0.3) is 0 Å². The van der Waals surface area contributed by atoms with Gasteiger partial charge in [-0.2, -0.15) is 0 Å². The Bertz CT molecular complexity index is 173. The van der Waals surface area contributed by atoms with E-state index in [1.54, 1.807) is 6.92 Å². The van der Waals surface area contributed by atoms with Crippen LogP contribution in [0.4, 0.5) is 0 Å². The predicted octanol–water partition coefficient (Wildman–Crippen LogP) is 2.60. The predicted molar refractivity (Wildman–Crippen MR) is 64.6 cm³/mol. The van der Waals surface area contributed by atoms with Gasteiger partial charge in [0.1, 0.15) is 0 Å². The second-order valence-electron chi connectivity index (χ2n) is 4.90. The fourth-order valence-corrected chi connectivity index (χ4v) is 1.52. The van der Waals surface area contributed by atoms with Gasteiger partial charge in [0, 0.05) is 6.61 Å². The Morgan fingerprint density at radius 3 is 2.00 bits per heavy atom.